The fourth-order valence-electron chi connectivity index (χ4n) is 4.15. The summed E-state index contributed by atoms with van der Waals surface area (Å²) >= 11 is 1.58. The summed E-state index contributed by atoms with van der Waals surface area (Å²) in [5.41, 5.74) is 9.60. The number of rotatable bonds is 9. The van der Waals surface area contributed by atoms with E-state index in [1.54, 1.807) is 41.5 Å². The maximum absolute atomic E-state index is 13.3. The van der Waals surface area contributed by atoms with Crippen LogP contribution in [0, 0.1) is 12.8 Å². The number of amides is 2. The first kappa shape index (κ1) is 25.1. The molecule has 0 radical (unpaired) electrons. The van der Waals surface area contributed by atoms with Crippen LogP contribution in [-0.4, -0.2) is 50.3 Å². The Hall–Kier alpha value is -2.56. The Morgan fingerprint density at radius 3 is 2.58 bits per heavy atom. The third-order valence-corrected chi connectivity index (χ3v) is 6.97. The molecule has 2 amide bonds. The molecule has 33 heavy (non-hydrogen) atoms. The van der Waals surface area contributed by atoms with Gasteiger partial charge in [0, 0.05) is 19.3 Å². The van der Waals surface area contributed by atoms with Crippen molar-refractivity contribution in [1.82, 2.24) is 19.9 Å². The van der Waals surface area contributed by atoms with E-state index >= 15 is 0 Å². The Morgan fingerprint density at radius 1 is 1.36 bits per heavy atom. The van der Waals surface area contributed by atoms with Crippen molar-refractivity contribution >= 4 is 23.6 Å². The number of aromatic nitrogens is 2. The lowest BCUT2D eigenvalue weighted by molar-refractivity contribution is -0.144. The third-order valence-electron chi connectivity index (χ3n) is 6.24. The fourth-order valence-corrected chi connectivity index (χ4v) is 4.76. The highest BCUT2D eigenvalue weighted by atomic mass is 32.2. The number of nitrogens with two attached hydrogens (primary N) is 1. The number of nitrogens with zero attached hydrogens (tertiary/aromatic N) is 3. The monoisotopic (exact) mass is 475 g/mol. The van der Waals surface area contributed by atoms with Gasteiger partial charge in [-0.3, -0.25) is 14.8 Å². The van der Waals surface area contributed by atoms with Crippen molar-refractivity contribution in [2.75, 3.05) is 12.8 Å². The topological polar surface area (TPSA) is 123 Å². The van der Waals surface area contributed by atoms with Crippen molar-refractivity contribution in [3.8, 4) is 5.75 Å². The lowest BCUT2D eigenvalue weighted by Crippen LogP contribution is -2.52. The van der Waals surface area contributed by atoms with Crippen LogP contribution in [0.2, 0.25) is 0 Å². The number of likely N-dealkylation sites (tertiary alicyclic amines) is 1. The molecule has 0 bridgehead atoms. The van der Waals surface area contributed by atoms with Crippen LogP contribution in [0.15, 0.2) is 29.4 Å². The third kappa shape index (κ3) is 5.02. The number of hydrogen-bond donors (Lipinski definition) is 3. The van der Waals surface area contributed by atoms with E-state index in [1.807, 2.05) is 38.6 Å². The Kier molecular flexibility index (Phi) is 7.71. The van der Waals surface area contributed by atoms with Crippen LogP contribution >= 0.6 is 11.8 Å². The largest absolute Gasteiger partial charge is 0.487 e. The molecule has 1 aliphatic heterocycles. The van der Waals surface area contributed by atoms with Gasteiger partial charge in [-0.05, 0) is 49.6 Å². The number of imidazole rings is 1. The number of hydroxylamine groups is 1. The number of carbonyl (C=O) groups is 2. The van der Waals surface area contributed by atoms with Crippen molar-refractivity contribution in [3.05, 3.63) is 41.2 Å². The van der Waals surface area contributed by atoms with E-state index in [2.05, 4.69) is 4.98 Å². The summed E-state index contributed by atoms with van der Waals surface area (Å²) in [4.78, 5) is 31.5. The normalized spacial score (nSPS) is 19.3. The highest BCUT2D eigenvalue weighted by Crippen LogP contribution is 2.34. The second-order valence-corrected chi connectivity index (χ2v) is 9.62. The van der Waals surface area contributed by atoms with Gasteiger partial charge in [0.1, 0.15) is 23.9 Å². The molecule has 10 heteroatoms. The molecule has 1 unspecified atom stereocenters. The van der Waals surface area contributed by atoms with Crippen molar-refractivity contribution in [2.24, 2.45) is 18.7 Å². The lowest BCUT2D eigenvalue weighted by atomic mass is 9.89. The van der Waals surface area contributed by atoms with Gasteiger partial charge in [-0.15, -0.1) is 0 Å². The Labute approximate surface area is 198 Å². The summed E-state index contributed by atoms with van der Waals surface area (Å²) in [5, 5.41) is 10.1. The number of hydrogen-bond acceptors (Lipinski definition) is 7. The van der Waals surface area contributed by atoms with Gasteiger partial charge in [0.15, 0.2) is 5.16 Å². The van der Waals surface area contributed by atoms with E-state index in [0.29, 0.717) is 37.3 Å². The molecule has 9 nitrogen and oxygen atoms in total. The maximum atomic E-state index is 13.3. The van der Waals surface area contributed by atoms with Gasteiger partial charge in [-0.25, -0.2) is 10.5 Å². The van der Waals surface area contributed by atoms with E-state index in [-0.39, 0.29) is 11.8 Å². The summed E-state index contributed by atoms with van der Waals surface area (Å²) in [7, 11) is 1.98. The van der Waals surface area contributed by atoms with E-state index in [1.165, 1.54) is 4.90 Å². The number of ether oxygens (including phenoxy) is 1. The quantitative estimate of drug-likeness (QED) is 0.289. The van der Waals surface area contributed by atoms with Crippen molar-refractivity contribution in [2.45, 2.75) is 57.0 Å². The second-order valence-electron chi connectivity index (χ2n) is 8.84. The predicted octanol–water partition coefficient (Wildman–Crippen LogP) is 2.34. The first-order valence-corrected chi connectivity index (χ1v) is 12.2. The number of benzene rings is 1. The molecule has 180 valence electrons. The molecule has 1 aromatic carbocycles. The number of thioether (sulfide) groups is 1. The van der Waals surface area contributed by atoms with Crippen LogP contribution in [-0.2, 0) is 28.8 Å². The second kappa shape index (κ2) is 10.1. The SMILES string of the molecule is CSc1nc(COc2ccc([C@]3(N)CCN(C(CC(C)C)C(=O)NO)C3=O)cc2)c(C)n1C. The standard InChI is InChI=1S/C23H33N5O4S/c1-14(2)12-19(20(29)26-31)28-11-10-23(24,21(28)30)16-6-8-17(9-7-16)32-13-18-15(3)27(4)22(25-18)33-5/h6-9,14,19,31H,10-13,24H2,1-5H3,(H,26,29)/t19?,23-/m1/s1. The van der Waals surface area contributed by atoms with Gasteiger partial charge in [0.2, 0.25) is 5.91 Å². The average Bonchev–Trinajstić information content (AvgIpc) is 3.26. The molecular formula is C23H33N5O4S. The smallest absolute Gasteiger partial charge is 0.266 e. The van der Waals surface area contributed by atoms with Crippen molar-refractivity contribution in [1.29, 1.82) is 0 Å². The number of carbonyl (C=O) groups excluding carboxylic acids is 2. The summed E-state index contributed by atoms with van der Waals surface area (Å²) in [6, 6.07) is 6.40. The van der Waals surface area contributed by atoms with E-state index in [4.69, 9.17) is 15.7 Å². The van der Waals surface area contributed by atoms with Crippen LogP contribution in [0.3, 0.4) is 0 Å². The van der Waals surface area contributed by atoms with E-state index in [9.17, 15) is 9.59 Å². The van der Waals surface area contributed by atoms with Crippen LogP contribution in [0.4, 0.5) is 0 Å². The number of nitrogens with one attached hydrogen (secondary N) is 1. The fraction of sp³-hybridized carbons (Fsp3) is 0.522. The highest BCUT2D eigenvalue weighted by molar-refractivity contribution is 7.98. The molecule has 2 aromatic rings. The molecule has 2 atom stereocenters. The molecule has 4 N–H and O–H groups in total. The summed E-state index contributed by atoms with van der Waals surface area (Å²) < 4.78 is 7.94. The average molecular weight is 476 g/mol. The highest BCUT2D eigenvalue weighted by Gasteiger charge is 2.48. The summed E-state index contributed by atoms with van der Waals surface area (Å²) in [6.45, 7) is 6.61. The first-order chi connectivity index (χ1) is 15.6. The summed E-state index contributed by atoms with van der Waals surface area (Å²) in [6.07, 6.45) is 2.80. The van der Waals surface area contributed by atoms with Gasteiger partial charge in [0.05, 0.1) is 5.69 Å². The van der Waals surface area contributed by atoms with Crippen LogP contribution in [0.25, 0.3) is 0 Å². The summed E-state index contributed by atoms with van der Waals surface area (Å²) in [5.74, 6) is -0.101. The Bertz CT molecular complexity index is 1010. The molecular weight excluding hydrogens is 442 g/mol. The molecule has 1 aliphatic rings. The maximum Gasteiger partial charge on any atom is 0.266 e. The van der Waals surface area contributed by atoms with Gasteiger partial charge in [-0.2, -0.15) is 0 Å². The lowest BCUT2D eigenvalue weighted by Gasteiger charge is -2.30. The van der Waals surface area contributed by atoms with E-state index in [0.717, 1.165) is 16.5 Å². The van der Waals surface area contributed by atoms with Gasteiger partial charge >= 0.3 is 0 Å². The van der Waals surface area contributed by atoms with Crippen molar-refractivity contribution in [3.63, 3.8) is 0 Å². The minimum Gasteiger partial charge on any atom is -0.487 e. The molecule has 2 heterocycles. The molecule has 1 aromatic heterocycles. The van der Waals surface area contributed by atoms with Gasteiger partial charge in [-0.1, -0.05) is 37.7 Å². The minimum absolute atomic E-state index is 0.166. The molecule has 0 aliphatic carbocycles. The Balaban J connectivity index is 1.72. The van der Waals surface area contributed by atoms with Gasteiger partial charge < -0.3 is 19.9 Å². The minimum atomic E-state index is -1.23. The van der Waals surface area contributed by atoms with Crippen LogP contribution in [0.5, 0.6) is 5.75 Å². The molecule has 1 fully saturated rings. The molecule has 0 spiro atoms. The molecule has 3 rings (SSSR count). The zero-order valence-corrected chi connectivity index (χ0v) is 20.6. The van der Waals surface area contributed by atoms with Crippen molar-refractivity contribution < 1.29 is 19.5 Å². The Morgan fingerprint density at radius 2 is 2.03 bits per heavy atom. The first-order valence-electron chi connectivity index (χ1n) is 11.0. The predicted molar refractivity (Wildman–Crippen MR) is 126 cm³/mol. The van der Waals surface area contributed by atoms with Crippen LogP contribution in [0.1, 0.15) is 43.6 Å². The van der Waals surface area contributed by atoms with Gasteiger partial charge in [0.25, 0.3) is 5.91 Å². The van der Waals surface area contributed by atoms with E-state index < -0.39 is 17.5 Å². The molecule has 0 saturated carbocycles. The zero-order chi connectivity index (χ0) is 24.3. The molecule has 1 saturated heterocycles. The van der Waals surface area contributed by atoms with Crippen LogP contribution < -0.4 is 16.0 Å². The zero-order valence-electron chi connectivity index (χ0n) is 19.8.